The molecule has 0 N–H and O–H groups in total. The van der Waals surface area contributed by atoms with Crippen molar-refractivity contribution < 1.29 is 9.32 Å². The van der Waals surface area contributed by atoms with Crippen LogP contribution in [-0.4, -0.2) is 20.9 Å². The normalized spacial score (nSPS) is 16.8. The van der Waals surface area contributed by atoms with E-state index in [1.54, 1.807) is 0 Å². The molecular weight excluding hydrogens is 350 g/mol. The van der Waals surface area contributed by atoms with Gasteiger partial charge in [-0.3, -0.25) is 4.79 Å². The molecule has 1 amide bonds. The summed E-state index contributed by atoms with van der Waals surface area (Å²) in [4.78, 5) is 19.0. The Morgan fingerprint density at radius 3 is 2.61 bits per heavy atom. The van der Waals surface area contributed by atoms with Gasteiger partial charge < -0.3 is 9.42 Å². The lowest BCUT2D eigenvalue weighted by Crippen LogP contribution is -2.27. The first kappa shape index (κ1) is 18.4. The molecule has 1 aliphatic rings. The summed E-state index contributed by atoms with van der Waals surface area (Å²) in [6.07, 6.45) is 1.22. The number of carbonyl (C=O) groups excluding carboxylic acids is 1. The van der Waals surface area contributed by atoms with Gasteiger partial charge in [-0.1, -0.05) is 47.1 Å². The van der Waals surface area contributed by atoms with Gasteiger partial charge in [-0.2, -0.15) is 4.98 Å². The third kappa shape index (κ3) is 3.44. The van der Waals surface area contributed by atoms with Gasteiger partial charge in [-0.15, -0.1) is 0 Å². The van der Waals surface area contributed by atoms with Crippen LogP contribution in [-0.2, 0) is 11.3 Å². The van der Waals surface area contributed by atoms with Crippen LogP contribution in [0, 0.1) is 27.7 Å². The molecule has 1 saturated heterocycles. The zero-order valence-corrected chi connectivity index (χ0v) is 16.8. The molecule has 0 radical (unpaired) electrons. The van der Waals surface area contributed by atoms with Crippen molar-refractivity contribution in [3.8, 4) is 11.4 Å². The van der Waals surface area contributed by atoms with Gasteiger partial charge in [-0.25, -0.2) is 0 Å². The lowest BCUT2D eigenvalue weighted by Gasteiger charge is -2.22. The Hall–Kier alpha value is -2.95. The molecule has 2 heterocycles. The highest BCUT2D eigenvalue weighted by atomic mass is 16.5. The number of nitrogens with zero attached hydrogens (tertiary/aromatic N) is 3. The SMILES string of the molecule is Cc1ccc(-c2noc(C3CCC(=O)N3Cc3ccc(C)c(C)c3)n2)c(C)c1. The minimum Gasteiger partial charge on any atom is -0.337 e. The molecule has 0 saturated carbocycles. The predicted molar refractivity (Wildman–Crippen MR) is 108 cm³/mol. The van der Waals surface area contributed by atoms with Crippen LogP contribution in [0.1, 0.15) is 52.6 Å². The van der Waals surface area contributed by atoms with Crippen LogP contribution >= 0.6 is 0 Å². The van der Waals surface area contributed by atoms with Crippen molar-refractivity contribution in [3.63, 3.8) is 0 Å². The number of aryl methyl sites for hydroxylation is 4. The average molecular weight is 375 g/mol. The van der Waals surface area contributed by atoms with E-state index in [0.29, 0.717) is 31.1 Å². The van der Waals surface area contributed by atoms with Crippen LogP contribution in [0.15, 0.2) is 40.9 Å². The molecule has 1 unspecified atom stereocenters. The standard InChI is InChI=1S/C23H25N3O2/c1-14-5-8-19(17(4)11-14)22-24-23(28-25-22)20-9-10-21(27)26(20)13-18-7-6-15(2)16(3)12-18/h5-8,11-12,20H,9-10,13H2,1-4H3. The monoisotopic (exact) mass is 375 g/mol. The van der Waals surface area contributed by atoms with Crippen molar-refractivity contribution in [2.24, 2.45) is 0 Å². The summed E-state index contributed by atoms with van der Waals surface area (Å²) in [5.41, 5.74) is 6.88. The largest absolute Gasteiger partial charge is 0.337 e. The van der Waals surface area contributed by atoms with E-state index in [4.69, 9.17) is 4.52 Å². The van der Waals surface area contributed by atoms with Crippen LogP contribution in [0.3, 0.4) is 0 Å². The molecule has 0 bridgehead atoms. The summed E-state index contributed by atoms with van der Waals surface area (Å²) in [6.45, 7) is 8.86. The highest BCUT2D eigenvalue weighted by molar-refractivity contribution is 5.79. The van der Waals surface area contributed by atoms with Crippen molar-refractivity contribution in [2.45, 2.75) is 53.1 Å². The summed E-state index contributed by atoms with van der Waals surface area (Å²) in [5.74, 6) is 1.23. The van der Waals surface area contributed by atoms with Gasteiger partial charge in [0.25, 0.3) is 0 Å². The first-order chi connectivity index (χ1) is 13.4. The van der Waals surface area contributed by atoms with Crippen LogP contribution < -0.4 is 0 Å². The Morgan fingerprint density at radius 1 is 1.04 bits per heavy atom. The summed E-state index contributed by atoms with van der Waals surface area (Å²) in [6, 6.07) is 12.3. The Kier molecular flexibility index (Phi) is 4.75. The molecule has 5 heteroatoms. The zero-order valence-electron chi connectivity index (χ0n) is 16.8. The predicted octanol–water partition coefficient (Wildman–Crippen LogP) is 4.83. The minimum absolute atomic E-state index is 0.134. The van der Waals surface area contributed by atoms with Gasteiger partial charge in [0.2, 0.25) is 17.6 Å². The van der Waals surface area contributed by atoms with Crippen molar-refractivity contribution in [1.82, 2.24) is 15.0 Å². The maximum Gasteiger partial charge on any atom is 0.249 e. The van der Waals surface area contributed by atoms with Gasteiger partial charge in [0.15, 0.2) is 0 Å². The second-order valence-corrected chi connectivity index (χ2v) is 7.77. The summed E-state index contributed by atoms with van der Waals surface area (Å²) < 4.78 is 5.59. The number of hydrogen-bond donors (Lipinski definition) is 0. The van der Waals surface area contributed by atoms with E-state index in [-0.39, 0.29) is 11.9 Å². The van der Waals surface area contributed by atoms with Gasteiger partial charge >= 0.3 is 0 Å². The molecule has 3 aromatic rings. The Morgan fingerprint density at radius 2 is 1.86 bits per heavy atom. The third-order valence-corrected chi connectivity index (χ3v) is 5.60. The molecule has 2 aromatic carbocycles. The minimum atomic E-state index is -0.166. The van der Waals surface area contributed by atoms with E-state index in [1.165, 1.54) is 16.7 Å². The van der Waals surface area contributed by atoms with Gasteiger partial charge in [-0.05, 0) is 56.4 Å². The first-order valence-corrected chi connectivity index (χ1v) is 9.69. The topological polar surface area (TPSA) is 59.2 Å². The molecule has 1 atom stereocenters. The van der Waals surface area contributed by atoms with E-state index in [9.17, 15) is 4.79 Å². The fraction of sp³-hybridized carbons (Fsp3) is 0.348. The second-order valence-electron chi connectivity index (χ2n) is 7.77. The van der Waals surface area contributed by atoms with Crippen molar-refractivity contribution >= 4 is 5.91 Å². The number of aromatic nitrogens is 2. The number of rotatable bonds is 4. The summed E-state index contributed by atoms with van der Waals surface area (Å²) >= 11 is 0. The molecule has 144 valence electrons. The van der Waals surface area contributed by atoms with Gasteiger partial charge in [0.1, 0.15) is 6.04 Å². The number of benzene rings is 2. The second kappa shape index (κ2) is 7.23. The lowest BCUT2D eigenvalue weighted by molar-refractivity contribution is -0.129. The summed E-state index contributed by atoms with van der Waals surface area (Å²) in [5, 5.41) is 4.19. The van der Waals surface area contributed by atoms with E-state index >= 15 is 0 Å². The Labute approximate surface area is 165 Å². The maximum atomic E-state index is 12.5. The third-order valence-electron chi connectivity index (χ3n) is 5.60. The highest BCUT2D eigenvalue weighted by Gasteiger charge is 2.36. The first-order valence-electron chi connectivity index (χ1n) is 9.69. The summed E-state index contributed by atoms with van der Waals surface area (Å²) in [7, 11) is 0. The molecule has 5 nitrogen and oxygen atoms in total. The molecule has 28 heavy (non-hydrogen) atoms. The number of carbonyl (C=O) groups is 1. The number of hydrogen-bond acceptors (Lipinski definition) is 4. The van der Waals surface area contributed by atoms with Gasteiger partial charge in [0.05, 0.1) is 0 Å². The van der Waals surface area contributed by atoms with E-state index in [1.807, 2.05) is 24.0 Å². The molecule has 0 spiro atoms. The van der Waals surface area contributed by atoms with Crippen LogP contribution in [0.25, 0.3) is 11.4 Å². The number of likely N-dealkylation sites (tertiary alicyclic amines) is 1. The van der Waals surface area contributed by atoms with E-state index in [0.717, 1.165) is 16.7 Å². The van der Waals surface area contributed by atoms with Crippen molar-refractivity contribution in [3.05, 3.63) is 70.1 Å². The molecule has 0 aliphatic carbocycles. The molecule has 4 rings (SSSR count). The molecular formula is C23H25N3O2. The fourth-order valence-electron chi connectivity index (χ4n) is 3.83. The quantitative estimate of drug-likeness (QED) is 0.655. The van der Waals surface area contributed by atoms with Crippen LogP contribution in [0.4, 0.5) is 0 Å². The number of amides is 1. The van der Waals surface area contributed by atoms with E-state index in [2.05, 4.69) is 55.2 Å². The zero-order chi connectivity index (χ0) is 19.8. The fourth-order valence-corrected chi connectivity index (χ4v) is 3.83. The maximum absolute atomic E-state index is 12.5. The lowest BCUT2D eigenvalue weighted by atomic mass is 10.1. The van der Waals surface area contributed by atoms with Crippen LogP contribution in [0.5, 0.6) is 0 Å². The van der Waals surface area contributed by atoms with Gasteiger partial charge in [0, 0.05) is 18.5 Å². The Bertz CT molecular complexity index is 1040. The van der Waals surface area contributed by atoms with E-state index < -0.39 is 0 Å². The van der Waals surface area contributed by atoms with Crippen molar-refractivity contribution in [2.75, 3.05) is 0 Å². The molecule has 1 aromatic heterocycles. The molecule has 1 aliphatic heterocycles. The van der Waals surface area contributed by atoms with Crippen LogP contribution in [0.2, 0.25) is 0 Å². The molecule has 1 fully saturated rings. The highest BCUT2D eigenvalue weighted by Crippen LogP contribution is 2.34. The smallest absolute Gasteiger partial charge is 0.249 e. The average Bonchev–Trinajstić information content (AvgIpc) is 3.26. The Balaban J connectivity index is 1.60. The van der Waals surface area contributed by atoms with Crippen molar-refractivity contribution in [1.29, 1.82) is 0 Å².